The molecule has 1 amide bonds. The highest BCUT2D eigenvalue weighted by molar-refractivity contribution is 5.94. The molecule has 1 heterocycles. The molecule has 0 spiro atoms. The van der Waals surface area contributed by atoms with Crippen molar-refractivity contribution in [3.63, 3.8) is 0 Å². The van der Waals surface area contributed by atoms with E-state index in [2.05, 4.69) is 16.1 Å². The van der Waals surface area contributed by atoms with Crippen LogP contribution in [0.25, 0.3) is 0 Å². The molecule has 0 atom stereocenters. The molecule has 0 aromatic heterocycles. The first-order valence-corrected chi connectivity index (χ1v) is 6.27. The van der Waals surface area contributed by atoms with Gasteiger partial charge in [-0.1, -0.05) is 12.1 Å². The third-order valence-electron chi connectivity index (χ3n) is 3.02. The molecular weight excluding hydrogens is 246 g/mol. The van der Waals surface area contributed by atoms with Crippen LogP contribution in [0.3, 0.4) is 0 Å². The summed E-state index contributed by atoms with van der Waals surface area (Å²) in [6.07, 6.45) is 1.45. The molecule has 0 saturated carbocycles. The zero-order chi connectivity index (χ0) is 13.7. The molecule has 0 saturated heterocycles. The third-order valence-corrected chi connectivity index (χ3v) is 3.02. The van der Waals surface area contributed by atoms with E-state index in [0.717, 1.165) is 30.8 Å². The maximum atomic E-state index is 11.4. The summed E-state index contributed by atoms with van der Waals surface area (Å²) < 4.78 is 9.85. The molecule has 1 aliphatic heterocycles. The van der Waals surface area contributed by atoms with Gasteiger partial charge in [0.2, 0.25) is 5.91 Å². The van der Waals surface area contributed by atoms with Crippen LogP contribution in [0.4, 0.5) is 0 Å². The number of nitrogens with one attached hydrogen (secondary N) is 1. The number of carbonyl (C=O) groups excluding carboxylic acids is 2. The van der Waals surface area contributed by atoms with Crippen molar-refractivity contribution in [1.82, 2.24) is 5.32 Å². The third kappa shape index (κ3) is 3.71. The van der Waals surface area contributed by atoms with Crippen LogP contribution in [0, 0.1) is 0 Å². The fraction of sp³-hybridized carbons (Fsp3) is 0.429. The highest BCUT2D eigenvalue weighted by Crippen LogP contribution is 2.25. The Bertz CT molecular complexity index is 484. The van der Waals surface area contributed by atoms with Gasteiger partial charge in [-0.25, -0.2) is 0 Å². The van der Waals surface area contributed by atoms with Crippen molar-refractivity contribution in [2.75, 3.05) is 20.3 Å². The van der Waals surface area contributed by atoms with Crippen LogP contribution < -0.4 is 10.1 Å². The van der Waals surface area contributed by atoms with Gasteiger partial charge in [0, 0.05) is 13.0 Å². The van der Waals surface area contributed by atoms with Crippen LogP contribution in [-0.2, 0) is 27.2 Å². The molecule has 0 radical (unpaired) electrons. The maximum Gasteiger partial charge on any atom is 0.315 e. The van der Waals surface area contributed by atoms with Gasteiger partial charge in [-0.05, 0) is 23.6 Å². The van der Waals surface area contributed by atoms with Crippen molar-refractivity contribution in [3.8, 4) is 5.75 Å². The Morgan fingerprint density at radius 3 is 3.05 bits per heavy atom. The highest BCUT2D eigenvalue weighted by atomic mass is 16.5. The Labute approximate surface area is 111 Å². The number of fused-ring (bicyclic) bond motifs is 1. The van der Waals surface area contributed by atoms with E-state index in [-0.39, 0.29) is 12.3 Å². The van der Waals surface area contributed by atoms with E-state index in [4.69, 9.17) is 4.74 Å². The van der Waals surface area contributed by atoms with Gasteiger partial charge in [-0.15, -0.1) is 0 Å². The molecule has 1 aromatic rings. The van der Waals surface area contributed by atoms with Crippen LogP contribution in [0.2, 0.25) is 0 Å². The van der Waals surface area contributed by atoms with Crippen LogP contribution in [-0.4, -0.2) is 32.1 Å². The van der Waals surface area contributed by atoms with Crippen molar-refractivity contribution >= 4 is 11.9 Å². The summed E-state index contributed by atoms with van der Waals surface area (Å²) in [7, 11) is 1.27. The smallest absolute Gasteiger partial charge is 0.315 e. The van der Waals surface area contributed by atoms with Crippen molar-refractivity contribution in [1.29, 1.82) is 0 Å². The largest absolute Gasteiger partial charge is 0.493 e. The van der Waals surface area contributed by atoms with E-state index in [1.54, 1.807) is 0 Å². The standard InChI is InChI=1S/C14H17NO4/c1-18-14(17)9-13(16)15-6-4-10-2-3-12-11(8-10)5-7-19-12/h2-3,8H,4-7,9H2,1H3,(H,15,16). The van der Waals surface area contributed by atoms with Gasteiger partial charge in [-0.3, -0.25) is 9.59 Å². The lowest BCUT2D eigenvalue weighted by Crippen LogP contribution is -2.28. The molecule has 19 heavy (non-hydrogen) atoms. The molecule has 5 heteroatoms. The van der Waals surface area contributed by atoms with E-state index in [1.807, 2.05) is 12.1 Å². The van der Waals surface area contributed by atoms with E-state index in [9.17, 15) is 9.59 Å². The Kier molecular flexibility index (Phi) is 4.39. The lowest BCUT2D eigenvalue weighted by Gasteiger charge is -2.06. The van der Waals surface area contributed by atoms with Gasteiger partial charge < -0.3 is 14.8 Å². The quantitative estimate of drug-likeness (QED) is 0.631. The Hall–Kier alpha value is -2.04. The summed E-state index contributed by atoms with van der Waals surface area (Å²) in [6, 6.07) is 6.07. The molecule has 2 rings (SSSR count). The molecular formula is C14H17NO4. The predicted molar refractivity (Wildman–Crippen MR) is 69.0 cm³/mol. The number of amides is 1. The topological polar surface area (TPSA) is 64.6 Å². The molecule has 0 fully saturated rings. The van der Waals surface area contributed by atoms with Crippen molar-refractivity contribution < 1.29 is 19.1 Å². The SMILES string of the molecule is COC(=O)CC(=O)NCCc1ccc2c(c1)CCO2. The minimum absolute atomic E-state index is 0.228. The van der Waals surface area contributed by atoms with E-state index >= 15 is 0 Å². The fourth-order valence-corrected chi connectivity index (χ4v) is 2.01. The molecule has 1 aromatic carbocycles. The second-order valence-corrected chi connectivity index (χ2v) is 4.39. The zero-order valence-electron chi connectivity index (χ0n) is 10.9. The predicted octanol–water partition coefficient (Wildman–Crippen LogP) is 0.843. The average molecular weight is 263 g/mol. The van der Waals surface area contributed by atoms with Crippen LogP contribution >= 0.6 is 0 Å². The van der Waals surface area contributed by atoms with Crippen molar-refractivity contribution in [2.45, 2.75) is 19.3 Å². The normalized spacial score (nSPS) is 12.5. The fourth-order valence-electron chi connectivity index (χ4n) is 2.01. The number of hydrogen-bond acceptors (Lipinski definition) is 4. The van der Waals surface area contributed by atoms with Crippen molar-refractivity contribution in [3.05, 3.63) is 29.3 Å². The van der Waals surface area contributed by atoms with Gasteiger partial charge in [0.25, 0.3) is 0 Å². The lowest BCUT2D eigenvalue weighted by atomic mass is 10.1. The van der Waals surface area contributed by atoms with Gasteiger partial charge in [0.1, 0.15) is 12.2 Å². The number of rotatable bonds is 5. The van der Waals surface area contributed by atoms with Gasteiger partial charge in [-0.2, -0.15) is 0 Å². The van der Waals surface area contributed by atoms with Crippen molar-refractivity contribution in [2.24, 2.45) is 0 Å². The zero-order valence-corrected chi connectivity index (χ0v) is 10.9. The molecule has 1 N–H and O–H groups in total. The number of hydrogen-bond donors (Lipinski definition) is 1. The van der Waals surface area contributed by atoms with Gasteiger partial charge >= 0.3 is 5.97 Å². The van der Waals surface area contributed by atoms with Gasteiger partial charge in [0.05, 0.1) is 13.7 Å². The minimum atomic E-state index is -0.521. The maximum absolute atomic E-state index is 11.4. The Morgan fingerprint density at radius 1 is 1.42 bits per heavy atom. The summed E-state index contributed by atoms with van der Waals surface area (Å²) in [5.74, 6) is 0.127. The number of methoxy groups -OCH3 is 1. The molecule has 5 nitrogen and oxygen atoms in total. The summed E-state index contributed by atoms with van der Waals surface area (Å²) in [4.78, 5) is 22.2. The first kappa shape index (κ1) is 13.4. The summed E-state index contributed by atoms with van der Waals surface area (Å²) in [6.45, 7) is 1.25. The number of esters is 1. The second-order valence-electron chi connectivity index (χ2n) is 4.39. The van der Waals surface area contributed by atoms with Gasteiger partial charge in [0.15, 0.2) is 0 Å². The number of carbonyl (C=O) groups is 2. The second kappa shape index (κ2) is 6.22. The molecule has 0 unspecified atom stereocenters. The minimum Gasteiger partial charge on any atom is -0.493 e. The lowest BCUT2D eigenvalue weighted by molar-refractivity contribution is -0.143. The Morgan fingerprint density at radius 2 is 2.26 bits per heavy atom. The number of benzene rings is 1. The summed E-state index contributed by atoms with van der Waals surface area (Å²) in [5.41, 5.74) is 2.38. The molecule has 0 aliphatic carbocycles. The summed E-state index contributed by atoms with van der Waals surface area (Å²) >= 11 is 0. The van der Waals surface area contributed by atoms with Crippen LogP contribution in [0.1, 0.15) is 17.5 Å². The Balaban J connectivity index is 1.77. The average Bonchev–Trinajstić information content (AvgIpc) is 2.86. The van der Waals surface area contributed by atoms with E-state index in [1.165, 1.54) is 12.7 Å². The first-order valence-electron chi connectivity index (χ1n) is 6.27. The van der Waals surface area contributed by atoms with Crippen LogP contribution in [0.5, 0.6) is 5.75 Å². The summed E-state index contributed by atoms with van der Waals surface area (Å²) in [5, 5.41) is 2.69. The highest BCUT2D eigenvalue weighted by Gasteiger charge is 2.12. The monoisotopic (exact) mass is 263 g/mol. The van der Waals surface area contributed by atoms with E-state index in [0.29, 0.717) is 6.54 Å². The molecule has 0 bridgehead atoms. The number of ether oxygens (including phenoxy) is 2. The molecule has 102 valence electrons. The van der Waals surface area contributed by atoms with Crippen LogP contribution in [0.15, 0.2) is 18.2 Å². The first-order chi connectivity index (χ1) is 9.19. The van der Waals surface area contributed by atoms with E-state index < -0.39 is 5.97 Å². The molecule has 1 aliphatic rings.